The molecule has 0 radical (unpaired) electrons. The first kappa shape index (κ1) is 35.2. The van der Waals surface area contributed by atoms with Gasteiger partial charge in [-0.25, -0.2) is 0 Å². The Morgan fingerprint density at radius 1 is 1.13 bits per heavy atom. The SMILES string of the molecule is C=CCN(C(=O)[C@H]1[C@@H]2OC3(CC2Br)C(C(=O)N(CC=C)C(C)(C)CC(C)(C)C)N(CCCO)C(=O)[C@H]13)c1ccc(OCC)cc1. The number of carbonyl (C=O) groups excluding carboxylic acids is 3. The highest BCUT2D eigenvalue weighted by Crippen LogP contribution is 2.60. The van der Waals surface area contributed by atoms with E-state index in [4.69, 9.17) is 9.47 Å². The number of likely N-dealkylation sites (tertiary alicyclic amines) is 1. The van der Waals surface area contributed by atoms with Crippen LogP contribution >= 0.6 is 15.9 Å². The lowest BCUT2D eigenvalue weighted by atomic mass is 9.70. The molecule has 3 amide bonds. The van der Waals surface area contributed by atoms with Crippen LogP contribution in [0.2, 0.25) is 0 Å². The van der Waals surface area contributed by atoms with Crippen LogP contribution < -0.4 is 9.64 Å². The van der Waals surface area contributed by atoms with Gasteiger partial charge in [-0.2, -0.15) is 0 Å². The number of nitrogens with zero attached hydrogens (tertiary/aromatic N) is 3. The van der Waals surface area contributed by atoms with Crippen LogP contribution in [0.3, 0.4) is 0 Å². The Morgan fingerprint density at radius 2 is 1.78 bits per heavy atom. The van der Waals surface area contributed by atoms with Crippen LogP contribution in [0.5, 0.6) is 5.75 Å². The molecular formula is C35H50BrN3O6. The molecule has 3 aliphatic rings. The van der Waals surface area contributed by atoms with Crippen molar-refractivity contribution in [3.05, 3.63) is 49.6 Å². The summed E-state index contributed by atoms with van der Waals surface area (Å²) in [5.41, 5.74) is -1.17. The first-order valence-electron chi connectivity index (χ1n) is 16.0. The van der Waals surface area contributed by atoms with Crippen molar-refractivity contribution >= 4 is 39.3 Å². The number of benzene rings is 1. The summed E-state index contributed by atoms with van der Waals surface area (Å²) in [5.74, 6) is -1.71. The van der Waals surface area contributed by atoms with Gasteiger partial charge in [-0.15, -0.1) is 13.2 Å². The summed E-state index contributed by atoms with van der Waals surface area (Å²) >= 11 is 3.78. The van der Waals surface area contributed by atoms with E-state index < -0.39 is 35.1 Å². The molecule has 3 unspecified atom stereocenters. The molecular weight excluding hydrogens is 638 g/mol. The predicted molar refractivity (Wildman–Crippen MR) is 179 cm³/mol. The van der Waals surface area contributed by atoms with Gasteiger partial charge in [-0.05, 0) is 69.7 Å². The van der Waals surface area contributed by atoms with Crippen LogP contribution in [0.25, 0.3) is 0 Å². The summed E-state index contributed by atoms with van der Waals surface area (Å²) in [4.78, 5) is 48.6. The fourth-order valence-electron chi connectivity index (χ4n) is 8.00. The van der Waals surface area contributed by atoms with Gasteiger partial charge in [0, 0.05) is 42.3 Å². The minimum Gasteiger partial charge on any atom is -0.494 e. The summed E-state index contributed by atoms with van der Waals surface area (Å²) in [6.45, 7) is 21.3. The van der Waals surface area contributed by atoms with Gasteiger partial charge in [0.05, 0.1) is 24.5 Å². The van der Waals surface area contributed by atoms with Gasteiger partial charge in [0.25, 0.3) is 0 Å². The van der Waals surface area contributed by atoms with Gasteiger partial charge in [0.1, 0.15) is 17.4 Å². The number of alkyl halides is 1. The molecule has 45 heavy (non-hydrogen) atoms. The molecule has 0 aromatic heterocycles. The average Bonchev–Trinajstić information content (AvgIpc) is 3.55. The Labute approximate surface area is 276 Å². The van der Waals surface area contributed by atoms with Gasteiger partial charge in [0.15, 0.2) is 0 Å². The number of hydrogen-bond acceptors (Lipinski definition) is 6. The molecule has 6 atom stereocenters. The quantitative estimate of drug-likeness (QED) is 0.219. The Kier molecular flexibility index (Phi) is 10.6. The second-order valence-electron chi connectivity index (χ2n) is 14.2. The van der Waals surface area contributed by atoms with E-state index in [9.17, 15) is 19.5 Å². The molecule has 9 nitrogen and oxygen atoms in total. The number of fused-ring (bicyclic) bond motifs is 1. The largest absolute Gasteiger partial charge is 0.494 e. The maximum atomic E-state index is 14.8. The third-order valence-corrected chi connectivity index (χ3v) is 10.0. The topological polar surface area (TPSA) is 99.6 Å². The maximum absolute atomic E-state index is 14.8. The summed E-state index contributed by atoms with van der Waals surface area (Å²) < 4.78 is 12.4. The van der Waals surface area contributed by atoms with E-state index >= 15 is 0 Å². The van der Waals surface area contributed by atoms with Crippen molar-refractivity contribution in [1.29, 1.82) is 0 Å². The number of aliphatic hydroxyl groups excluding tert-OH is 1. The normalized spacial score (nSPS) is 27.3. The van der Waals surface area contributed by atoms with Crippen LogP contribution in [0, 0.1) is 17.3 Å². The van der Waals surface area contributed by atoms with Gasteiger partial charge in [0.2, 0.25) is 17.7 Å². The summed E-state index contributed by atoms with van der Waals surface area (Å²) in [5, 5.41) is 9.75. The molecule has 10 heteroatoms. The third-order valence-electron chi connectivity index (χ3n) is 9.17. The molecule has 3 fully saturated rings. The highest BCUT2D eigenvalue weighted by molar-refractivity contribution is 9.09. The van der Waals surface area contributed by atoms with Crippen molar-refractivity contribution in [1.82, 2.24) is 9.80 Å². The summed E-state index contributed by atoms with van der Waals surface area (Å²) in [6, 6.07) is 6.33. The first-order chi connectivity index (χ1) is 21.2. The molecule has 1 N–H and O–H groups in total. The van der Waals surface area contributed by atoms with E-state index in [1.54, 1.807) is 22.0 Å². The number of anilines is 1. The van der Waals surface area contributed by atoms with Crippen LogP contribution in [0.4, 0.5) is 5.69 Å². The lowest BCUT2D eigenvalue weighted by molar-refractivity contribution is -0.152. The zero-order valence-electron chi connectivity index (χ0n) is 27.6. The van der Waals surface area contributed by atoms with Gasteiger partial charge < -0.3 is 29.3 Å². The van der Waals surface area contributed by atoms with E-state index in [2.05, 4.69) is 49.9 Å². The first-order valence-corrected chi connectivity index (χ1v) is 16.9. The number of hydrogen-bond donors (Lipinski definition) is 1. The van der Waals surface area contributed by atoms with E-state index in [1.807, 2.05) is 49.9 Å². The zero-order valence-corrected chi connectivity index (χ0v) is 29.2. The second kappa shape index (κ2) is 13.6. The van der Waals surface area contributed by atoms with Crippen molar-refractivity contribution in [2.45, 2.75) is 88.9 Å². The molecule has 1 spiro atoms. The standard InChI is InChI=1S/C35H50BrN3O6/c1-9-17-37(23-13-15-24(16-14-23)44-11-3)30(41)26-27-31(42)38(19-12-20-40)29(35(27)21-25(36)28(26)45-35)32(43)39(18-10-2)34(7,8)22-33(4,5)6/h9-10,13-16,25-29,40H,1-2,11-12,17-22H2,3-8H3/t25?,26-,27+,28-,29?,35?/m1/s1. The van der Waals surface area contributed by atoms with Crippen molar-refractivity contribution in [2.24, 2.45) is 17.3 Å². The fraction of sp³-hybridized carbons (Fsp3) is 0.629. The molecule has 3 heterocycles. The predicted octanol–water partition coefficient (Wildman–Crippen LogP) is 4.96. The van der Waals surface area contributed by atoms with E-state index in [0.29, 0.717) is 37.4 Å². The third kappa shape index (κ3) is 6.60. The molecule has 248 valence electrons. The lowest BCUT2D eigenvalue weighted by Crippen LogP contribution is -2.61. The Balaban J connectivity index is 1.77. The van der Waals surface area contributed by atoms with E-state index in [1.165, 1.54) is 0 Å². The highest BCUT2D eigenvalue weighted by Gasteiger charge is 2.77. The lowest BCUT2D eigenvalue weighted by Gasteiger charge is -2.45. The number of aliphatic hydroxyl groups is 1. The Morgan fingerprint density at radius 3 is 2.33 bits per heavy atom. The molecule has 0 saturated carbocycles. The summed E-state index contributed by atoms with van der Waals surface area (Å²) in [6.07, 6.45) is 4.22. The minimum absolute atomic E-state index is 0.0671. The number of carbonyl (C=O) groups is 3. The van der Waals surface area contributed by atoms with Crippen LogP contribution in [-0.2, 0) is 19.1 Å². The van der Waals surface area contributed by atoms with Crippen molar-refractivity contribution in [3.63, 3.8) is 0 Å². The monoisotopic (exact) mass is 687 g/mol. The van der Waals surface area contributed by atoms with E-state index in [-0.39, 0.29) is 47.7 Å². The minimum atomic E-state index is -1.20. The Hall–Kier alpha value is -2.69. The van der Waals surface area contributed by atoms with Gasteiger partial charge in [-0.1, -0.05) is 48.9 Å². The fourth-order valence-corrected chi connectivity index (χ4v) is 8.94. The van der Waals surface area contributed by atoms with Gasteiger partial charge >= 0.3 is 0 Å². The van der Waals surface area contributed by atoms with Crippen LogP contribution in [-0.4, -0.2) is 93.6 Å². The smallest absolute Gasteiger partial charge is 0.249 e. The molecule has 1 aromatic rings. The molecule has 3 saturated heterocycles. The molecule has 0 aliphatic carbocycles. The Bertz CT molecular complexity index is 1280. The zero-order chi connectivity index (χ0) is 33.3. The van der Waals surface area contributed by atoms with Crippen molar-refractivity contribution in [2.75, 3.05) is 37.7 Å². The summed E-state index contributed by atoms with van der Waals surface area (Å²) in [7, 11) is 0. The van der Waals surface area contributed by atoms with Gasteiger partial charge in [-0.3, -0.25) is 14.4 Å². The number of halogens is 1. The van der Waals surface area contributed by atoms with Crippen LogP contribution in [0.1, 0.15) is 60.8 Å². The van der Waals surface area contributed by atoms with Crippen molar-refractivity contribution in [3.8, 4) is 5.75 Å². The average molecular weight is 689 g/mol. The highest BCUT2D eigenvalue weighted by atomic mass is 79.9. The van der Waals surface area contributed by atoms with E-state index in [0.717, 1.165) is 6.42 Å². The number of ether oxygens (including phenoxy) is 2. The molecule has 3 aliphatic heterocycles. The molecule has 2 bridgehead atoms. The maximum Gasteiger partial charge on any atom is 0.249 e. The van der Waals surface area contributed by atoms with Crippen molar-refractivity contribution < 1.29 is 29.0 Å². The molecule has 1 aromatic carbocycles. The molecule has 4 rings (SSSR count). The number of amides is 3. The van der Waals surface area contributed by atoms with Crippen LogP contribution in [0.15, 0.2) is 49.6 Å². The second-order valence-corrected chi connectivity index (χ2v) is 15.4. The number of rotatable bonds is 14.